The van der Waals surface area contributed by atoms with Crippen LogP contribution in [0.3, 0.4) is 0 Å². The van der Waals surface area contributed by atoms with E-state index in [1.54, 1.807) is 0 Å². The van der Waals surface area contributed by atoms with Crippen molar-refractivity contribution < 1.29 is 0 Å². The van der Waals surface area contributed by atoms with E-state index in [-0.39, 0.29) is 14.9 Å². The van der Waals surface area contributed by atoms with Crippen molar-refractivity contribution in [2.24, 2.45) is 0 Å². The molecule has 3 fully saturated rings. The number of likely N-dealkylation sites (tertiary alicyclic amines) is 3. The van der Waals surface area contributed by atoms with Gasteiger partial charge in [0.2, 0.25) is 0 Å². The minimum Gasteiger partial charge on any atom is -0.303 e. The third-order valence-corrected chi connectivity index (χ3v) is 6.83. The van der Waals surface area contributed by atoms with Gasteiger partial charge in [-0.15, -0.1) is 0 Å². The van der Waals surface area contributed by atoms with Crippen molar-refractivity contribution in [2.75, 3.05) is 58.9 Å². The molecule has 0 aromatic heterocycles. The van der Waals surface area contributed by atoms with E-state index in [1.807, 2.05) is 0 Å². The molecule has 3 saturated heterocycles. The molecule has 0 N–H and O–H groups in total. The molecule has 0 aliphatic carbocycles. The van der Waals surface area contributed by atoms with Crippen molar-refractivity contribution in [2.45, 2.75) is 132 Å². The molecule has 0 spiro atoms. The van der Waals surface area contributed by atoms with Gasteiger partial charge in [-0.3, -0.25) is 0 Å². The van der Waals surface area contributed by atoms with Crippen LogP contribution >= 0.6 is 0 Å². The average Bonchev–Trinajstić information content (AvgIpc) is 2.83. The Morgan fingerprint density at radius 3 is 0.781 bits per heavy atom. The topological polar surface area (TPSA) is 9.72 Å². The summed E-state index contributed by atoms with van der Waals surface area (Å²) in [6, 6.07) is 0. The Bertz CT molecular complexity index is 277. The summed E-state index contributed by atoms with van der Waals surface area (Å²) in [6.07, 6.45) is 21.2. The highest BCUT2D eigenvalue weighted by Gasteiger charge is 2.09. The first-order valence-corrected chi connectivity index (χ1v) is 14.0. The second-order valence-electron chi connectivity index (χ2n) is 9.77. The minimum absolute atomic E-state index is 0. The quantitative estimate of drug-likeness (QED) is 0.348. The van der Waals surface area contributed by atoms with Crippen molar-refractivity contribution in [1.82, 2.24) is 14.7 Å². The van der Waals surface area contributed by atoms with Gasteiger partial charge >= 0.3 is 0 Å². The van der Waals surface area contributed by atoms with Gasteiger partial charge in [0.1, 0.15) is 0 Å². The molecule has 0 amide bonds. The van der Waals surface area contributed by atoms with Crippen LogP contribution in [0.25, 0.3) is 0 Å². The second-order valence-corrected chi connectivity index (χ2v) is 9.77. The lowest BCUT2D eigenvalue weighted by Gasteiger charge is -2.25. The van der Waals surface area contributed by atoms with E-state index in [0.717, 1.165) is 0 Å². The fraction of sp³-hybridized carbons (Fsp3) is 1.00. The number of rotatable bonds is 9. The smallest absolute Gasteiger partial charge is 0.00187 e. The van der Waals surface area contributed by atoms with E-state index in [9.17, 15) is 0 Å². The lowest BCUT2D eigenvalue weighted by atomic mass is 10.1. The maximum atomic E-state index is 2.60. The molecule has 3 heterocycles. The lowest BCUT2D eigenvalue weighted by Crippen LogP contribution is -2.30. The highest BCUT2D eigenvalue weighted by Crippen LogP contribution is 2.10. The standard InChI is InChI=1S/3C9H19N.2CH4/c3*1-2-3-7-10-8-5-4-6-9-10;;/h3*2-9H2,1H3;2*1H4. The van der Waals surface area contributed by atoms with Crippen LogP contribution in [0.5, 0.6) is 0 Å². The Morgan fingerprint density at radius 2 is 0.594 bits per heavy atom. The lowest BCUT2D eigenvalue weighted by molar-refractivity contribution is 0.226. The largest absolute Gasteiger partial charge is 0.303 e. The van der Waals surface area contributed by atoms with E-state index in [4.69, 9.17) is 0 Å². The van der Waals surface area contributed by atoms with Gasteiger partial charge in [-0.1, -0.05) is 74.1 Å². The van der Waals surface area contributed by atoms with E-state index in [2.05, 4.69) is 35.5 Å². The molecule has 0 unspecified atom stereocenters. The van der Waals surface area contributed by atoms with E-state index < -0.39 is 0 Å². The zero-order valence-electron chi connectivity index (χ0n) is 21.3. The Balaban J connectivity index is 0. The number of unbranched alkanes of at least 4 members (excludes halogenated alkanes) is 3. The van der Waals surface area contributed by atoms with Crippen LogP contribution in [0.1, 0.15) is 132 Å². The zero-order valence-corrected chi connectivity index (χ0v) is 21.3. The maximum absolute atomic E-state index is 2.60. The molecule has 0 aromatic carbocycles. The fourth-order valence-electron chi connectivity index (χ4n) is 4.69. The molecule has 3 aliphatic rings. The maximum Gasteiger partial charge on any atom is -0.00187 e. The first kappa shape index (κ1) is 34.0. The predicted molar refractivity (Wildman–Crippen MR) is 149 cm³/mol. The predicted octanol–water partition coefficient (Wildman–Crippen LogP) is 8.09. The summed E-state index contributed by atoms with van der Waals surface area (Å²) >= 11 is 0. The summed E-state index contributed by atoms with van der Waals surface area (Å²) in [5.41, 5.74) is 0. The molecule has 3 heteroatoms. The second kappa shape index (κ2) is 25.5. The molecule has 0 saturated carbocycles. The first-order chi connectivity index (χ1) is 14.8. The zero-order chi connectivity index (χ0) is 21.7. The van der Waals surface area contributed by atoms with Gasteiger partial charge in [-0.2, -0.15) is 0 Å². The summed E-state index contributed by atoms with van der Waals surface area (Å²) in [7, 11) is 0. The van der Waals surface area contributed by atoms with E-state index >= 15 is 0 Å². The van der Waals surface area contributed by atoms with Crippen molar-refractivity contribution in [3.05, 3.63) is 0 Å². The SMILES string of the molecule is C.C.CCCCN1CCCCC1.CCCCN1CCCCC1.CCCCN1CCCCC1. The number of piperidine rings is 3. The van der Waals surface area contributed by atoms with Crippen molar-refractivity contribution in [3.8, 4) is 0 Å². The van der Waals surface area contributed by atoms with Gasteiger partial charge in [0.25, 0.3) is 0 Å². The van der Waals surface area contributed by atoms with Gasteiger partial charge in [-0.05, 0) is 117 Å². The van der Waals surface area contributed by atoms with Gasteiger partial charge in [0.05, 0.1) is 0 Å². The summed E-state index contributed by atoms with van der Waals surface area (Å²) in [6.45, 7) is 19.0. The number of nitrogens with zero attached hydrogens (tertiary/aromatic N) is 3. The van der Waals surface area contributed by atoms with Gasteiger partial charge < -0.3 is 14.7 Å². The Hall–Kier alpha value is -0.120. The molecule has 3 rings (SSSR count). The highest BCUT2D eigenvalue weighted by molar-refractivity contribution is 4.65. The highest BCUT2D eigenvalue weighted by atomic mass is 15.1. The normalized spacial score (nSPS) is 20.0. The summed E-state index contributed by atoms with van der Waals surface area (Å²) in [4.78, 5) is 7.81. The van der Waals surface area contributed by atoms with Gasteiger partial charge in [0, 0.05) is 0 Å². The molecule has 196 valence electrons. The van der Waals surface area contributed by atoms with E-state index in [0.29, 0.717) is 0 Å². The summed E-state index contributed by atoms with van der Waals surface area (Å²) < 4.78 is 0. The monoisotopic (exact) mass is 456 g/mol. The van der Waals surface area contributed by atoms with Crippen LogP contribution in [-0.2, 0) is 0 Å². The fourth-order valence-corrected chi connectivity index (χ4v) is 4.69. The van der Waals surface area contributed by atoms with Crippen molar-refractivity contribution >= 4 is 0 Å². The Kier molecular flexibility index (Phi) is 27.1. The number of hydrogen-bond acceptors (Lipinski definition) is 3. The van der Waals surface area contributed by atoms with Crippen molar-refractivity contribution in [1.29, 1.82) is 0 Å². The van der Waals surface area contributed by atoms with Crippen LogP contribution in [-0.4, -0.2) is 73.6 Å². The molecule has 3 aliphatic heterocycles. The summed E-state index contributed by atoms with van der Waals surface area (Å²) in [5, 5.41) is 0. The van der Waals surface area contributed by atoms with Crippen LogP contribution in [0, 0.1) is 0 Å². The molecule has 0 atom stereocenters. The van der Waals surface area contributed by atoms with Crippen molar-refractivity contribution in [3.63, 3.8) is 0 Å². The van der Waals surface area contributed by atoms with E-state index in [1.165, 1.54) is 155 Å². The van der Waals surface area contributed by atoms with Crippen LogP contribution in [0.2, 0.25) is 0 Å². The molecular formula is C29H65N3. The van der Waals surface area contributed by atoms with Crippen LogP contribution in [0.4, 0.5) is 0 Å². The number of hydrogen-bond donors (Lipinski definition) is 0. The van der Waals surface area contributed by atoms with Crippen LogP contribution < -0.4 is 0 Å². The molecule has 3 nitrogen and oxygen atoms in total. The Labute approximate surface area is 205 Å². The molecule has 0 radical (unpaired) electrons. The third-order valence-electron chi connectivity index (χ3n) is 6.83. The third kappa shape index (κ3) is 19.4. The van der Waals surface area contributed by atoms with Crippen LogP contribution in [0.15, 0.2) is 0 Å². The molecular weight excluding hydrogens is 390 g/mol. The molecule has 0 aromatic rings. The average molecular weight is 456 g/mol. The molecule has 32 heavy (non-hydrogen) atoms. The first-order valence-electron chi connectivity index (χ1n) is 14.0. The Morgan fingerprint density at radius 1 is 0.375 bits per heavy atom. The van der Waals surface area contributed by atoms with Gasteiger partial charge in [0.15, 0.2) is 0 Å². The molecule has 0 bridgehead atoms. The van der Waals surface area contributed by atoms with Gasteiger partial charge in [-0.25, -0.2) is 0 Å². The summed E-state index contributed by atoms with van der Waals surface area (Å²) in [5.74, 6) is 0. The minimum atomic E-state index is 0.